The molecule has 1 aromatic carbocycles. The van der Waals surface area contributed by atoms with E-state index in [1.54, 1.807) is 10.9 Å². The topological polar surface area (TPSA) is 84.2 Å². The first-order valence-electron chi connectivity index (χ1n) is 6.74. The molecule has 1 fully saturated rings. The molecule has 0 bridgehead atoms. The molecule has 21 heavy (non-hydrogen) atoms. The van der Waals surface area contributed by atoms with Crippen LogP contribution in [0.5, 0.6) is 0 Å². The second-order valence-electron chi connectivity index (χ2n) is 5.14. The molecule has 1 amide bonds. The molecule has 2 aromatic rings. The van der Waals surface area contributed by atoms with E-state index >= 15 is 0 Å². The van der Waals surface area contributed by atoms with Crippen LogP contribution >= 0.6 is 0 Å². The van der Waals surface area contributed by atoms with Crippen molar-refractivity contribution in [3.05, 3.63) is 48.3 Å². The highest BCUT2D eigenvalue weighted by Crippen LogP contribution is 2.39. The lowest BCUT2D eigenvalue weighted by Gasteiger charge is -2.11. The van der Waals surface area contributed by atoms with Crippen molar-refractivity contribution >= 4 is 17.6 Å². The van der Waals surface area contributed by atoms with E-state index in [2.05, 4.69) is 10.4 Å². The average molecular weight is 285 g/mol. The molecule has 108 valence electrons. The van der Waals surface area contributed by atoms with Gasteiger partial charge in [-0.05, 0) is 24.1 Å². The number of aromatic nitrogens is 2. The van der Waals surface area contributed by atoms with Crippen LogP contribution in [-0.4, -0.2) is 26.8 Å². The van der Waals surface area contributed by atoms with E-state index < -0.39 is 17.8 Å². The van der Waals surface area contributed by atoms with Gasteiger partial charge in [0.15, 0.2) is 0 Å². The van der Waals surface area contributed by atoms with Gasteiger partial charge >= 0.3 is 5.97 Å². The number of hydrogen-bond donors (Lipinski definition) is 2. The third kappa shape index (κ3) is 2.94. The van der Waals surface area contributed by atoms with Crippen molar-refractivity contribution in [3.8, 4) is 0 Å². The maximum atomic E-state index is 12.0. The van der Waals surface area contributed by atoms with Crippen LogP contribution in [0.1, 0.15) is 12.0 Å². The van der Waals surface area contributed by atoms with Crippen LogP contribution in [0.15, 0.2) is 42.7 Å². The van der Waals surface area contributed by atoms with Crippen LogP contribution in [-0.2, 0) is 16.1 Å². The summed E-state index contributed by atoms with van der Waals surface area (Å²) in [5.41, 5.74) is 1.64. The standard InChI is InChI=1S/C15H15N3O3/c19-14(11-8-12(11)15(20)21)17-13-5-2-1-4-10(13)9-18-7-3-6-16-18/h1-7,11-12H,8-9H2,(H,17,19)(H,20,21)/t11-,12+/m1/s1. The number of hydrogen-bond acceptors (Lipinski definition) is 3. The van der Waals surface area contributed by atoms with Crippen LogP contribution in [0.25, 0.3) is 0 Å². The molecule has 0 unspecified atom stereocenters. The zero-order valence-corrected chi connectivity index (χ0v) is 11.3. The number of rotatable bonds is 5. The number of nitrogens with one attached hydrogen (secondary N) is 1. The molecule has 0 saturated heterocycles. The lowest BCUT2D eigenvalue weighted by atomic mass is 10.1. The van der Waals surface area contributed by atoms with Gasteiger partial charge in [0.25, 0.3) is 0 Å². The Balaban J connectivity index is 1.71. The molecular weight excluding hydrogens is 270 g/mol. The van der Waals surface area contributed by atoms with Gasteiger partial charge in [-0.3, -0.25) is 14.3 Å². The third-order valence-electron chi connectivity index (χ3n) is 3.61. The molecule has 1 aromatic heterocycles. The number of benzene rings is 1. The van der Waals surface area contributed by atoms with Crippen molar-refractivity contribution in [2.24, 2.45) is 11.8 Å². The van der Waals surface area contributed by atoms with E-state index in [4.69, 9.17) is 5.11 Å². The van der Waals surface area contributed by atoms with Gasteiger partial charge in [0.05, 0.1) is 18.4 Å². The first-order chi connectivity index (χ1) is 10.1. The van der Waals surface area contributed by atoms with Gasteiger partial charge < -0.3 is 10.4 Å². The lowest BCUT2D eigenvalue weighted by Crippen LogP contribution is -2.18. The van der Waals surface area contributed by atoms with E-state index in [0.717, 1.165) is 5.56 Å². The summed E-state index contributed by atoms with van der Waals surface area (Å²) in [5, 5.41) is 15.8. The van der Waals surface area contributed by atoms with Crippen molar-refractivity contribution in [1.29, 1.82) is 0 Å². The molecular formula is C15H15N3O3. The quantitative estimate of drug-likeness (QED) is 0.873. The number of carboxylic acids is 1. The fraction of sp³-hybridized carbons (Fsp3) is 0.267. The normalized spacial score (nSPS) is 20.0. The molecule has 0 radical (unpaired) electrons. The molecule has 1 aliphatic rings. The van der Waals surface area contributed by atoms with Gasteiger partial charge in [-0.2, -0.15) is 5.10 Å². The Kier molecular flexibility index (Phi) is 3.43. The van der Waals surface area contributed by atoms with Crippen LogP contribution in [0, 0.1) is 11.8 Å². The van der Waals surface area contributed by atoms with Gasteiger partial charge in [0, 0.05) is 18.1 Å². The minimum absolute atomic E-state index is 0.227. The number of carboxylic acid groups (broad SMARTS) is 1. The fourth-order valence-corrected chi connectivity index (χ4v) is 2.33. The van der Waals surface area contributed by atoms with Gasteiger partial charge in [0.2, 0.25) is 5.91 Å². The molecule has 1 saturated carbocycles. The highest BCUT2D eigenvalue weighted by atomic mass is 16.4. The zero-order valence-electron chi connectivity index (χ0n) is 11.3. The smallest absolute Gasteiger partial charge is 0.307 e. The van der Waals surface area contributed by atoms with E-state index in [1.165, 1.54) is 0 Å². The van der Waals surface area contributed by atoms with Gasteiger partial charge in [0.1, 0.15) is 0 Å². The Morgan fingerprint density at radius 1 is 1.29 bits per heavy atom. The Labute approximate surface area is 121 Å². The Morgan fingerprint density at radius 3 is 2.76 bits per heavy atom. The van der Waals surface area contributed by atoms with E-state index in [9.17, 15) is 9.59 Å². The summed E-state index contributed by atoms with van der Waals surface area (Å²) in [7, 11) is 0. The number of carbonyl (C=O) groups excluding carboxylic acids is 1. The molecule has 3 rings (SSSR count). The van der Waals surface area contributed by atoms with E-state index in [1.807, 2.05) is 36.5 Å². The predicted octanol–water partition coefficient (Wildman–Crippen LogP) is 1.59. The monoisotopic (exact) mass is 285 g/mol. The first-order valence-corrected chi connectivity index (χ1v) is 6.74. The largest absolute Gasteiger partial charge is 0.481 e. The summed E-state index contributed by atoms with van der Waals surface area (Å²) < 4.78 is 1.77. The van der Waals surface area contributed by atoms with Gasteiger partial charge in [-0.1, -0.05) is 18.2 Å². The Morgan fingerprint density at radius 2 is 2.10 bits per heavy atom. The van der Waals surface area contributed by atoms with Gasteiger partial charge in [-0.25, -0.2) is 0 Å². The summed E-state index contributed by atoms with van der Waals surface area (Å²) in [6.45, 7) is 0.552. The number of carbonyl (C=O) groups is 2. The number of aliphatic carboxylic acids is 1. The first kappa shape index (κ1) is 13.4. The Hall–Kier alpha value is -2.63. The van der Waals surface area contributed by atoms with Crippen LogP contribution in [0.2, 0.25) is 0 Å². The van der Waals surface area contributed by atoms with Crippen LogP contribution in [0.4, 0.5) is 5.69 Å². The molecule has 1 aliphatic carbocycles. The van der Waals surface area contributed by atoms with Crippen molar-refractivity contribution in [2.45, 2.75) is 13.0 Å². The molecule has 2 atom stereocenters. The van der Waals surface area contributed by atoms with E-state index in [0.29, 0.717) is 18.7 Å². The highest BCUT2D eigenvalue weighted by Gasteiger charge is 2.48. The number of nitrogens with zero attached hydrogens (tertiary/aromatic N) is 2. The van der Waals surface area contributed by atoms with Crippen molar-refractivity contribution in [3.63, 3.8) is 0 Å². The second-order valence-corrected chi connectivity index (χ2v) is 5.14. The van der Waals surface area contributed by atoms with Gasteiger partial charge in [-0.15, -0.1) is 0 Å². The Bertz CT molecular complexity index is 667. The highest BCUT2D eigenvalue weighted by molar-refractivity contribution is 5.98. The van der Waals surface area contributed by atoms with Crippen LogP contribution < -0.4 is 5.32 Å². The predicted molar refractivity (Wildman–Crippen MR) is 75.6 cm³/mol. The van der Waals surface area contributed by atoms with Crippen molar-refractivity contribution in [1.82, 2.24) is 9.78 Å². The molecule has 0 aliphatic heterocycles. The molecule has 6 nitrogen and oxygen atoms in total. The maximum absolute atomic E-state index is 12.0. The minimum Gasteiger partial charge on any atom is -0.481 e. The molecule has 0 spiro atoms. The summed E-state index contributed by atoms with van der Waals surface area (Å²) in [5.74, 6) is -2.08. The zero-order chi connectivity index (χ0) is 14.8. The summed E-state index contributed by atoms with van der Waals surface area (Å²) in [6.07, 6.45) is 3.96. The van der Waals surface area contributed by atoms with Crippen molar-refractivity contribution < 1.29 is 14.7 Å². The van der Waals surface area contributed by atoms with Crippen LogP contribution in [0.3, 0.4) is 0 Å². The van der Waals surface area contributed by atoms with Crippen molar-refractivity contribution in [2.75, 3.05) is 5.32 Å². The molecule has 2 N–H and O–H groups in total. The fourth-order valence-electron chi connectivity index (χ4n) is 2.33. The summed E-state index contributed by atoms with van der Waals surface area (Å²) >= 11 is 0. The minimum atomic E-state index is -0.903. The second kappa shape index (κ2) is 5.40. The lowest BCUT2D eigenvalue weighted by molar-refractivity contribution is -0.139. The molecule has 6 heteroatoms. The average Bonchev–Trinajstić information content (AvgIpc) is 3.12. The summed E-state index contributed by atoms with van der Waals surface area (Å²) in [6, 6.07) is 9.30. The summed E-state index contributed by atoms with van der Waals surface area (Å²) in [4.78, 5) is 22.9. The number of anilines is 1. The SMILES string of the molecule is O=C(O)[C@H]1C[C@H]1C(=O)Nc1ccccc1Cn1cccn1. The van der Waals surface area contributed by atoms with E-state index in [-0.39, 0.29) is 5.91 Å². The molecule has 1 heterocycles. The third-order valence-corrected chi connectivity index (χ3v) is 3.61. The number of amides is 1. The number of para-hydroxylation sites is 1. The maximum Gasteiger partial charge on any atom is 0.307 e.